The number of rotatable bonds is 9. The van der Waals surface area contributed by atoms with Gasteiger partial charge in [0.1, 0.15) is 12.4 Å². The number of likely N-dealkylation sites (N-methyl/N-ethyl adjacent to an activating group) is 1. The van der Waals surface area contributed by atoms with Crippen molar-refractivity contribution in [3.63, 3.8) is 0 Å². The summed E-state index contributed by atoms with van der Waals surface area (Å²) in [4.78, 5) is 19.8. The van der Waals surface area contributed by atoms with Gasteiger partial charge in [-0.25, -0.2) is 0 Å². The molecular formula is C40H56N4O3. The van der Waals surface area contributed by atoms with Gasteiger partial charge in [0.25, 0.3) is 0 Å². The van der Waals surface area contributed by atoms with Crippen LogP contribution in [0.2, 0.25) is 0 Å². The predicted molar refractivity (Wildman–Crippen MR) is 184 cm³/mol. The third-order valence-electron chi connectivity index (χ3n) is 17.5. The molecule has 7 nitrogen and oxygen atoms in total. The van der Waals surface area contributed by atoms with Gasteiger partial charge < -0.3 is 20.2 Å². The van der Waals surface area contributed by atoms with Gasteiger partial charge in [0, 0.05) is 23.7 Å². The molecule has 47 heavy (non-hydrogen) atoms. The molecule has 1 aliphatic heterocycles. The number of amidine groups is 1. The van der Waals surface area contributed by atoms with Gasteiger partial charge in [-0.15, -0.1) is 0 Å². The van der Waals surface area contributed by atoms with Crippen LogP contribution in [0.5, 0.6) is 0 Å². The molecule has 3 N–H and O–H groups in total. The average molecular weight is 641 g/mol. The van der Waals surface area contributed by atoms with Crippen molar-refractivity contribution < 1.29 is 14.6 Å². The molecule has 2 bridgehead atoms. The van der Waals surface area contributed by atoms with Crippen LogP contribution in [0.25, 0.3) is 0 Å². The monoisotopic (exact) mass is 640 g/mol. The molecule has 0 aromatic heterocycles. The zero-order chi connectivity index (χ0) is 32.8. The van der Waals surface area contributed by atoms with E-state index >= 15 is 0 Å². The minimum absolute atomic E-state index is 0.0824. The van der Waals surface area contributed by atoms with Crippen molar-refractivity contribution in [3.8, 4) is 0 Å². The van der Waals surface area contributed by atoms with Crippen molar-refractivity contribution in [2.24, 2.45) is 79.9 Å². The number of aliphatic hydroxyl groups is 1. The highest BCUT2D eigenvalue weighted by Gasteiger charge is 3.00. The van der Waals surface area contributed by atoms with Crippen LogP contribution in [-0.4, -0.2) is 59.5 Å². The Morgan fingerprint density at radius 2 is 1.79 bits per heavy atom. The van der Waals surface area contributed by atoms with E-state index in [9.17, 15) is 9.90 Å². The van der Waals surface area contributed by atoms with Crippen LogP contribution in [0.15, 0.2) is 28.5 Å². The zero-order valence-electron chi connectivity index (χ0n) is 29.3. The van der Waals surface area contributed by atoms with Gasteiger partial charge >= 0.3 is 0 Å². The number of fused-ring (bicyclic) bond motifs is 4. The molecule has 8 saturated carbocycles. The van der Waals surface area contributed by atoms with Gasteiger partial charge in [0.2, 0.25) is 5.90 Å². The van der Waals surface area contributed by atoms with Gasteiger partial charge in [-0.1, -0.05) is 46.6 Å². The highest BCUT2D eigenvalue weighted by Crippen LogP contribution is 3.04. The molecular weight excluding hydrogens is 584 g/mol. The largest absolute Gasteiger partial charge is 0.504 e. The SMILES string of the molecule is CCC/C(C(=N)[C@H]1CCCCC1=O)=C(/O)C(=N)/N=C(\C=C\C1C23C4CC2C2C5C6CC(CC43)C6(C)C5(C)C21C)OCC1CCCN1C. The second-order valence-electron chi connectivity index (χ2n) is 18.1. The lowest BCUT2D eigenvalue weighted by Crippen LogP contribution is -2.87. The van der Waals surface area contributed by atoms with Crippen LogP contribution in [0.1, 0.15) is 98.3 Å². The topological polar surface area (TPSA) is 110 Å². The van der Waals surface area contributed by atoms with Crippen molar-refractivity contribution >= 4 is 23.2 Å². The van der Waals surface area contributed by atoms with Crippen molar-refractivity contribution in [2.45, 2.75) is 104 Å². The van der Waals surface area contributed by atoms with Crippen LogP contribution < -0.4 is 0 Å². The number of allylic oxidation sites excluding steroid dienone is 2. The maximum Gasteiger partial charge on any atom is 0.215 e. The number of likely N-dealkylation sites (tertiary alicyclic amines) is 1. The summed E-state index contributed by atoms with van der Waals surface area (Å²) in [6.07, 6.45) is 15.2. The van der Waals surface area contributed by atoms with Gasteiger partial charge in [-0.05, 0) is 140 Å². The second kappa shape index (κ2) is 9.91. The molecule has 8 aliphatic carbocycles. The quantitative estimate of drug-likeness (QED) is 0.137. The number of aliphatic hydroxyl groups excluding tert-OH is 1. The number of nitrogens with one attached hydrogen (secondary N) is 2. The van der Waals surface area contributed by atoms with E-state index in [4.69, 9.17) is 15.6 Å². The molecule has 9 fully saturated rings. The summed E-state index contributed by atoms with van der Waals surface area (Å²) in [5.74, 6) is 6.25. The first kappa shape index (κ1) is 30.8. The zero-order valence-corrected chi connectivity index (χ0v) is 29.3. The molecule has 0 aromatic carbocycles. The van der Waals surface area contributed by atoms with Crippen LogP contribution in [0.3, 0.4) is 0 Å². The van der Waals surface area contributed by atoms with E-state index in [1.807, 2.05) is 6.92 Å². The van der Waals surface area contributed by atoms with Gasteiger partial charge in [0.15, 0.2) is 11.6 Å². The maximum atomic E-state index is 12.7. The third-order valence-corrected chi connectivity index (χ3v) is 17.5. The molecule has 1 saturated heterocycles. The molecule has 7 heteroatoms. The fourth-order valence-electron chi connectivity index (χ4n) is 15.3. The number of nitrogens with zero attached hydrogens (tertiary/aromatic N) is 2. The summed E-state index contributed by atoms with van der Waals surface area (Å²) in [6.45, 7) is 11.5. The van der Waals surface area contributed by atoms with E-state index in [1.54, 1.807) is 0 Å². The van der Waals surface area contributed by atoms with Crippen LogP contribution in [0, 0.1) is 85.7 Å². The summed E-state index contributed by atoms with van der Waals surface area (Å²) < 4.78 is 6.48. The number of hydrogen-bond donors (Lipinski definition) is 3. The highest BCUT2D eigenvalue weighted by atomic mass is 16.5. The Balaban J connectivity index is 1.05. The minimum atomic E-state index is -0.489. The van der Waals surface area contributed by atoms with E-state index in [2.05, 4.69) is 49.9 Å². The first-order valence-corrected chi connectivity index (χ1v) is 19.2. The summed E-state index contributed by atoms with van der Waals surface area (Å²) >= 11 is 0. The second-order valence-corrected chi connectivity index (χ2v) is 18.1. The predicted octanol–water partition coefficient (Wildman–Crippen LogP) is 7.62. The Labute approximate surface area is 281 Å². The molecule has 0 amide bonds. The van der Waals surface area contributed by atoms with Crippen molar-refractivity contribution in [1.29, 1.82) is 10.8 Å². The lowest BCUT2D eigenvalue weighted by Gasteiger charge is -2.91. The van der Waals surface area contributed by atoms with Crippen molar-refractivity contribution in [3.05, 3.63) is 23.5 Å². The lowest BCUT2D eigenvalue weighted by molar-refractivity contribution is -0.438. The molecule has 14 atom stereocenters. The Bertz CT molecular complexity index is 1550. The molecule has 13 unspecified atom stereocenters. The molecule has 1 heterocycles. The molecule has 9 aliphatic rings. The highest BCUT2D eigenvalue weighted by molar-refractivity contribution is 6.16. The van der Waals surface area contributed by atoms with E-state index in [0.717, 1.165) is 73.7 Å². The lowest BCUT2D eigenvalue weighted by atomic mass is 9.13. The molecule has 9 rings (SSSR count). The van der Waals surface area contributed by atoms with E-state index < -0.39 is 5.92 Å². The molecule has 0 radical (unpaired) electrons. The van der Waals surface area contributed by atoms with Crippen LogP contribution in [0.4, 0.5) is 0 Å². The number of Topliss-reactive ketones (excluding diaryl/α,β-unsaturated/α-hetero) is 1. The molecule has 0 aromatic rings. The Hall–Kier alpha value is -2.28. The normalized spacial score (nSPS) is 51.9. The maximum absolute atomic E-state index is 12.7. The Kier molecular flexibility index (Phi) is 6.49. The van der Waals surface area contributed by atoms with Crippen LogP contribution in [-0.2, 0) is 9.53 Å². The number of ketones is 1. The Morgan fingerprint density at radius 1 is 1.02 bits per heavy atom. The molecule has 1 spiro atoms. The van der Waals surface area contributed by atoms with E-state index in [0.29, 0.717) is 77.4 Å². The Morgan fingerprint density at radius 3 is 2.51 bits per heavy atom. The number of hydrogen-bond acceptors (Lipinski definition) is 6. The number of carbonyl (C=O) groups is 1. The number of aliphatic imine (C=N–C) groups is 1. The van der Waals surface area contributed by atoms with Crippen LogP contribution >= 0.6 is 0 Å². The standard InChI is InChI=1S/C40H56N4O3/c1-6-10-24(34(41)23-12-7-8-13-29(23)45)35(46)36(42)43-31(47-20-22-11-9-16-44(22)5)15-14-30-38(3)32-28-19-26-25(40(26,28)30)17-21-18-27-33(32)39(38,4)37(21,27)2/h14-15,21-23,25-28,30,32-33,41-42,46H,6-13,16-20H2,1-5H3/b15-14+,35-24-,41-34?,42-36?,43-31+/t21?,22?,23-,25?,26?,27?,28?,30?,32?,33?,37?,38?,39?,40?/m0/s1. The van der Waals surface area contributed by atoms with Crippen molar-refractivity contribution in [2.75, 3.05) is 20.2 Å². The van der Waals surface area contributed by atoms with E-state index in [-0.39, 0.29) is 23.1 Å². The number of carbonyl (C=O) groups excluding carboxylic acids is 1. The first-order chi connectivity index (χ1) is 22.5. The summed E-state index contributed by atoms with van der Waals surface area (Å²) in [6, 6.07) is 0.313. The smallest absolute Gasteiger partial charge is 0.215 e. The van der Waals surface area contributed by atoms with Gasteiger partial charge in [-0.3, -0.25) is 10.2 Å². The summed E-state index contributed by atoms with van der Waals surface area (Å²) in [7, 11) is 2.15. The van der Waals surface area contributed by atoms with Gasteiger partial charge in [0.05, 0.1) is 5.92 Å². The fraction of sp³-hybridized carbons (Fsp3) is 0.800. The average Bonchev–Trinajstić information content (AvgIpc) is 3.24. The fourth-order valence-corrected chi connectivity index (χ4v) is 15.3. The molecule has 254 valence electrons. The summed E-state index contributed by atoms with van der Waals surface area (Å²) in [5.41, 5.74) is 2.24. The first-order valence-electron chi connectivity index (χ1n) is 19.2. The van der Waals surface area contributed by atoms with Crippen molar-refractivity contribution in [1.82, 2.24) is 4.90 Å². The third kappa shape index (κ3) is 3.39. The van der Waals surface area contributed by atoms with Gasteiger partial charge in [-0.2, -0.15) is 4.99 Å². The number of ether oxygens (including phenoxy) is 1. The minimum Gasteiger partial charge on any atom is -0.504 e. The summed E-state index contributed by atoms with van der Waals surface area (Å²) in [5, 5.41) is 29.4. The van der Waals surface area contributed by atoms with E-state index in [1.165, 1.54) is 19.3 Å².